The van der Waals surface area contributed by atoms with Crippen LogP contribution in [0, 0.1) is 0 Å². The van der Waals surface area contributed by atoms with E-state index in [2.05, 4.69) is 4.13 Å². The summed E-state index contributed by atoms with van der Waals surface area (Å²) in [5.41, 5.74) is 0. The summed E-state index contributed by atoms with van der Waals surface area (Å²) in [5.74, 6) is 0. The van der Waals surface area contributed by atoms with Crippen LogP contribution in [0.1, 0.15) is 0 Å². The van der Waals surface area contributed by atoms with Crippen molar-refractivity contribution in [2.75, 3.05) is 0 Å². The van der Waals surface area contributed by atoms with E-state index in [4.69, 9.17) is 0 Å². The molecule has 0 saturated carbocycles. The molecule has 0 rings (SSSR count). The standard InChI is InChI=1S/B2H5NO2S2/c1-6-3-7(2,4)5/h3H,1-2H2. The molecule has 0 aromatic carbocycles. The summed E-state index contributed by atoms with van der Waals surface area (Å²) in [6.07, 6.45) is 0. The van der Waals surface area contributed by atoms with Gasteiger partial charge < -0.3 is 0 Å². The van der Waals surface area contributed by atoms with E-state index in [1.807, 2.05) is 0 Å². The van der Waals surface area contributed by atoms with Crippen LogP contribution in [0.25, 0.3) is 0 Å². The third-order valence-electron chi connectivity index (χ3n) is 0.235. The number of hydrogen-bond donors (Lipinski definition) is 1. The van der Waals surface area contributed by atoms with Gasteiger partial charge in [0.25, 0.3) is 7.12 Å². The van der Waals surface area contributed by atoms with Crippen LogP contribution < -0.4 is 4.13 Å². The van der Waals surface area contributed by atoms with Gasteiger partial charge in [-0.25, -0.2) is 8.42 Å². The van der Waals surface area contributed by atoms with E-state index >= 15 is 0 Å². The van der Waals surface area contributed by atoms with Crippen LogP contribution in [0.3, 0.4) is 0 Å². The van der Waals surface area contributed by atoms with Crippen molar-refractivity contribution in [1.82, 2.24) is 4.13 Å². The second-order valence-electron chi connectivity index (χ2n) is 1.06. The normalized spacial score (nSPS) is 11.4. The van der Waals surface area contributed by atoms with Crippen molar-refractivity contribution < 1.29 is 8.42 Å². The highest BCUT2D eigenvalue weighted by Gasteiger charge is 1.93. The molecule has 0 aromatic heterocycles. The Morgan fingerprint density at radius 2 is 2.00 bits per heavy atom. The lowest BCUT2D eigenvalue weighted by molar-refractivity contribution is 0.608. The Labute approximate surface area is 49.0 Å². The zero-order chi connectivity index (χ0) is 5.91. The molecular weight excluding hydrogens is 132 g/mol. The second-order valence-corrected chi connectivity index (χ2v) is 3.68. The molecule has 0 heterocycles. The van der Waals surface area contributed by atoms with Crippen LogP contribution >= 0.6 is 11.8 Å². The molecule has 0 atom stereocenters. The van der Waals surface area contributed by atoms with E-state index in [1.54, 1.807) is 7.12 Å². The summed E-state index contributed by atoms with van der Waals surface area (Å²) < 4.78 is 22.4. The van der Waals surface area contributed by atoms with E-state index < -0.39 is 9.87 Å². The molecule has 7 heteroatoms. The fourth-order valence-electron chi connectivity index (χ4n) is 0.151. The molecule has 7 heavy (non-hydrogen) atoms. The molecule has 0 radical (unpaired) electrons. The molecular formula is H5B2NO2S2. The molecule has 0 unspecified atom stereocenters. The van der Waals surface area contributed by atoms with Gasteiger partial charge in [-0.15, -0.1) is 11.8 Å². The lowest BCUT2D eigenvalue weighted by Gasteiger charge is -1.91. The van der Waals surface area contributed by atoms with Crippen LogP contribution in [0.15, 0.2) is 0 Å². The van der Waals surface area contributed by atoms with Gasteiger partial charge >= 0.3 is 0 Å². The predicted molar refractivity (Wildman–Crippen MR) is 36.7 cm³/mol. The molecule has 0 spiro atoms. The number of rotatable bonds is 2. The van der Waals surface area contributed by atoms with E-state index in [9.17, 15) is 8.42 Å². The van der Waals surface area contributed by atoms with Crippen molar-refractivity contribution >= 4 is 35.9 Å². The Hall–Kier alpha value is 0.390. The molecule has 0 saturated heterocycles. The maximum atomic E-state index is 10.1. The Bertz CT molecular complexity index is 127. The topological polar surface area (TPSA) is 46.2 Å². The first kappa shape index (κ1) is 7.39. The van der Waals surface area contributed by atoms with E-state index in [1.165, 1.54) is 0 Å². The van der Waals surface area contributed by atoms with Crippen molar-refractivity contribution in [1.29, 1.82) is 0 Å². The van der Waals surface area contributed by atoms with Crippen LogP contribution in [0.4, 0.5) is 0 Å². The highest BCUT2D eigenvalue weighted by Crippen LogP contribution is 1.82. The lowest BCUT2D eigenvalue weighted by Crippen LogP contribution is -2.14. The quantitative estimate of drug-likeness (QED) is 0.342. The van der Waals surface area contributed by atoms with Gasteiger partial charge in [-0.2, -0.15) is 4.13 Å². The van der Waals surface area contributed by atoms with Gasteiger partial charge in [0, 0.05) is 0 Å². The Balaban J connectivity index is 3.60. The molecule has 0 aromatic rings. The summed E-state index contributed by atoms with van der Waals surface area (Å²) in [5, 5.41) is 0. The van der Waals surface area contributed by atoms with Crippen LogP contribution in [-0.2, 0) is 9.87 Å². The summed E-state index contributed by atoms with van der Waals surface area (Å²) in [6.45, 7) is 0. The average molecular weight is 137 g/mol. The first-order valence-corrected chi connectivity index (χ1v) is 4.67. The van der Waals surface area contributed by atoms with Gasteiger partial charge in [-0.05, 0) is 0 Å². The minimum Gasteiger partial charge on any atom is -0.226 e. The van der Waals surface area contributed by atoms with E-state index in [0.29, 0.717) is 0 Å². The average Bonchev–Trinajstić information content (AvgIpc) is 1.30. The second kappa shape index (κ2) is 2.64. The first-order valence-electron chi connectivity index (χ1n) is 1.56. The molecule has 0 aliphatic carbocycles. The highest BCUT2D eigenvalue weighted by atomic mass is 32.3. The Morgan fingerprint density at radius 1 is 1.57 bits per heavy atom. The van der Waals surface area contributed by atoms with Crippen molar-refractivity contribution in [2.45, 2.75) is 0 Å². The third kappa shape index (κ3) is 6.39. The van der Waals surface area contributed by atoms with Gasteiger partial charge in [0.2, 0.25) is 0 Å². The minimum absolute atomic E-state index is 1.07. The molecule has 40 valence electrons. The molecule has 0 fully saturated rings. The molecule has 3 nitrogen and oxygen atoms in total. The summed E-state index contributed by atoms with van der Waals surface area (Å²) >= 11 is 1.07. The number of nitrogens with one attached hydrogen (secondary N) is 1. The fourth-order valence-corrected chi connectivity index (χ4v) is 1.36. The highest BCUT2D eigenvalue weighted by molar-refractivity contribution is 8.28. The van der Waals surface area contributed by atoms with Gasteiger partial charge in [-0.1, -0.05) is 0 Å². The molecule has 1 N–H and O–H groups in total. The maximum absolute atomic E-state index is 10.1. The van der Waals surface area contributed by atoms with E-state index in [0.717, 1.165) is 18.9 Å². The molecule has 0 aliphatic rings. The van der Waals surface area contributed by atoms with Crippen LogP contribution in [0.2, 0.25) is 0 Å². The summed E-state index contributed by atoms with van der Waals surface area (Å²) in [4.78, 5) is 0. The third-order valence-corrected chi connectivity index (χ3v) is 2.11. The SMILES string of the molecule is BSNS(B)(=O)=O. The van der Waals surface area contributed by atoms with Crippen molar-refractivity contribution in [3.63, 3.8) is 0 Å². The number of hydrogen-bond acceptors (Lipinski definition) is 3. The van der Waals surface area contributed by atoms with Gasteiger partial charge in [0.1, 0.15) is 0 Å². The first-order chi connectivity index (χ1) is 3.06. The van der Waals surface area contributed by atoms with Gasteiger partial charge in [-0.3, -0.25) is 0 Å². The molecule has 0 aliphatic heterocycles. The zero-order valence-corrected chi connectivity index (χ0v) is 5.77. The largest absolute Gasteiger partial charge is 0.277 e. The van der Waals surface area contributed by atoms with Crippen LogP contribution in [-0.4, -0.2) is 22.7 Å². The van der Waals surface area contributed by atoms with Gasteiger partial charge in [0.05, 0.1) is 0 Å². The Kier molecular flexibility index (Phi) is 2.78. The maximum Gasteiger partial charge on any atom is 0.277 e. The molecule has 0 amide bonds. The lowest BCUT2D eigenvalue weighted by atomic mass is 10.8. The molecule has 0 bridgehead atoms. The summed E-state index contributed by atoms with van der Waals surface area (Å²) in [7, 11) is -0.193. The minimum atomic E-state index is -2.96. The summed E-state index contributed by atoms with van der Waals surface area (Å²) in [6, 6.07) is 0. The smallest absolute Gasteiger partial charge is 0.226 e. The fraction of sp³-hybridized carbons (Fsp3) is 0. The van der Waals surface area contributed by atoms with Crippen LogP contribution in [0.5, 0.6) is 0 Å². The van der Waals surface area contributed by atoms with Crippen molar-refractivity contribution in [3.05, 3.63) is 0 Å². The van der Waals surface area contributed by atoms with Crippen molar-refractivity contribution in [3.8, 4) is 0 Å². The van der Waals surface area contributed by atoms with Crippen molar-refractivity contribution in [2.24, 2.45) is 0 Å². The van der Waals surface area contributed by atoms with E-state index in [-0.39, 0.29) is 0 Å². The van der Waals surface area contributed by atoms with Gasteiger partial charge in [0.15, 0.2) is 17.0 Å². The predicted octanol–water partition coefficient (Wildman–Crippen LogP) is -2.35. The monoisotopic (exact) mass is 137 g/mol. The Morgan fingerprint density at radius 3 is 2.00 bits per heavy atom. The zero-order valence-electron chi connectivity index (χ0n) is 4.13.